The second kappa shape index (κ2) is 9.22. The van der Waals surface area contributed by atoms with Crippen molar-refractivity contribution >= 4 is 33.9 Å². The van der Waals surface area contributed by atoms with Crippen LogP contribution in [0, 0.1) is 17.8 Å². The van der Waals surface area contributed by atoms with E-state index in [0.29, 0.717) is 28.2 Å². The molecular weight excluding hydrogens is 388 g/mol. The summed E-state index contributed by atoms with van der Waals surface area (Å²) >= 11 is 3.18. The van der Waals surface area contributed by atoms with Gasteiger partial charge in [-0.1, -0.05) is 27.2 Å². The fourth-order valence-corrected chi connectivity index (χ4v) is 3.52. The molecule has 25 heavy (non-hydrogen) atoms. The van der Waals surface area contributed by atoms with Crippen LogP contribution in [0.2, 0.25) is 0 Å². The van der Waals surface area contributed by atoms with Gasteiger partial charge in [-0.25, -0.2) is 9.59 Å². The Kier molecular flexibility index (Phi) is 7.29. The predicted molar refractivity (Wildman–Crippen MR) is 97.6 cm³/mol. The fraction of sp³-hybridized carbons (Fsp3) is 0.579. The highest BCUT2D eigenvalue weighted by Crippen LogP contribution is 2.35. The van der Waals surface area contributed by atoms with Gasteiger partial charge in [-0.15, -0.1) is 0 Å². The van der Waals surface area contributed by atoms with Gasteiger partial charge in [-0.2, -0.15) is 0 Å². The molecule has 1 aromatic heterocycles. The van der Waals surface area contributed by atoms with E-state index >= 15 is 0 Å². The summed E-state index contributed by atoms with van der Waals surface area (Å²) in [5, 5.41) is 0. The number of ether oxygens (including phenoxy) is 2. The largest absolute Gasteiger partial charge is 0.460 e. The Balaban J connectivity index is 1.79. The molecule has 1 aromatic rings. The van der Waals surface area contributed by atoms with Gasteiger partial charge in [0.15, 0.2) is 11.3 Å². The van der Waals surface area contributed by atoms with Gasteiger partial charge < -0.3 is 13.9 Å². The molecule has 1 fully saturated rings. The number of esters is 2. The molecule has 1 saturated carbocycles. The number of furan rings is 1. The Bertz CT molecular complexity index is 619. The molecule has 3 atom stereocenters. The van der Waals surface area contributed by atoms with Crippen LogP contribution in [-0.4, -0.2) is 24.6 Å². The number of carbonyl (C=O) groups excluding carboxylic acids is 2. The second-order valence-corrected chi connectivity index (χ2v) is 7.72. The first-order valence-corrected chi connectivity index (χ1v) is 9.44. The maximum Gasteiger partial charge on any atom is 0.344 e. The quantitative estimate of drug-likeness (QED) is 0.504. The van der Waals surface area contributed by atoms with Crippen molar-refractivity contribution < 1.29 is 23.5 Å². The van der Waals surface area contributed by atoms with Crippen molar-refractivity contribution in [2.45, 2.75) is 46.1 Å². The Hall–Kier alpha value is -1.56. The third-order valence-corrected chi connectivity index (χ3v) is 4.98. The van der Waals surface area contributed by atoms with Crippen molar-refractivity contribution in [1.82, 2.24) is 0 Å². The van der Waals surface area contributed by atoms with Gasteiger partial charge in [0.25, 0.3) is 0 Å². The van der Waals surface area contributed by atoms with Crippen molar-refractivity contribution in [2.24, 2.45) is 17.8 Å². The van der Waals surface area contributed by atoms with Crippen molar-refractivity contribution in [2.75, 3.05) is 6.61 Å². The molecule has 0 aliphatic heterocycles. The zero-order chi connectivity index (χ0) is 18.4. The summed E-state index contributed by atoms with van der Waals surface area (Å²) in [6.07, 6.45) is 5.72. The van der Waals surface area contributed by atoms with Crippen LogP contribution < -0.4 is 0 Å². The summed E-state index contributed by atoms with van der Waals surface area (Å²) in [4.78, 5) is 23.7. The van der Waals surface area contributed by atoms with Crippen LogP contribution in [0.3, 0.4) is 0 Å². The van der Waals surface area contributed by atoms with Crippen LogP contribution in [0.15, 0.2) is 27.3 Å². The third kappa shape index (κ3) is 6.34. The fourth-order valence-electron chi connectivity index (χ4n) is 3.20. The Morgan fingerprint density at radius 3 is 2.76 bits per heavy atom. The predicted octanol–water partition coefficient (Wildman–Crippen LogP) is 4.60. The van der Waals surface area contributed by atoms with Crippen molar-refractivity contribution in [3.63, 3.8) is 0 Å². The molecule has 138 valence electrons. The molecule has 1 aliphatic rings. The first-order valence-electron chi connectivity index (χ1n) is 8.64. The molecular formula is C19H25BrO5. The van der Waals surface area contributed by atoms with Gasteiger partial charge >= 0.3 is 11.9 Å². The monoisotopic (exact) mass is 412 g/mol. The maximum absolute atomic E-state index is 12.0. The second-order valence-electron chi connectivity index (χ2n) is 6.94. The molecule has 0 radical (unpaired) electrons. The lowest BCUT2D eigenvalue weighted by Crippen LogP contribution is -2.36. The number of halogens is 1. The molecule has 6 heteroatoms. The summed E-state index contributed by atoms with van der Waals surface area (Å²) in [5.74, 6) is 0.791. The van der Waals surface area contributed by atoms with Gasteiger partial charge in [0.2, 0.25) is 0 Å². The molecule has 0 amide bonds. The summed E-state index contributed by atoms with van der Waals surface area (Å²) in [6.45, 7) is 6.11. The molecule has 0 saturated heterocycles. The first-order chi connectivity index (χ1) is 11.8. The standard InChI is InChI=1S/C19H25BrO5/c1-12(2)15-7-4-13(3)10-16(15)25-19(22)11-23-18(21)9-6-14-5-8-17(20)24-14/h5-6,8-9,12-13,15-16H,4,7,10-11H2,1-3H3. The van der Waals surface area contributed by atoms with Crippen molar-refractivity contribution in [3.8, 4) is 0 Å². The van der Waals surface area contributed by atoms with E-state index in [1.54, 1.807) is 12.1 Å². The van der Waals surface area contributed by atoms with E-state index in [2.05, 4.69) is 36.7 Å². The number of hydrogen-bond donors (Lipinski definition) is 0. The van der Waals surface area contributed by atoms with E-state index < -0.39 is 11.9 Å². The molecule has 1 aliphatic carbocycles. The Labute approximate surface area is 156 Å². The van der Waals surface area contributed by atoms with Gasteiger partial charge in [-0.3, -0.25) is 0 Å². The van der Waals surface area contributed by atoms with E-state index in [9.17, 15) is 9.59 Å². The normalized spacial score (nSPS) is 23.8. The molecule has 0 spiro atoms. The van der Waals surface area contributed by atoms with Crippen molar-refractivity contribution in [3.05, 3.63) is 28.6 Å². The van der Waals surface area contributed by atoms with Gasteiger partial charge in [-0.05, 0) is 64.7 Å². The lowest BCUT2D eigenvalue weighted by Gasteiger charge is -2.36. The number of hydrogen-bond acceptors (Lipinski definition) is 5. The van der Waals surface area contributed by atoms with Crippen LogP contribution in [-0.2, 0) is 19.1 Å². The average Bonchev–Trinajstić information content (AvgIpc) is 2.96. The molecule has 2 rings (SSSR count). The number of rotatable bonds is 6. The zero-order valence-corrected chi connectivity index (χ0v) is 16.5. The van der Waals surface area contributed by atoms with Crippen LogP contribution in [0.1, 0.15) is 45.8 Å². The highest BCUT2D eigenvalue weighted by Gasteiger charge is 2.33. The highest BCUT2D eigenvalue weighted by molar-refractivity contribution is 9.10. The van der Waals surface area contributed by atoms with Crippen molar-refractivity contribution in [1.29, 1.82) is 0 Å². The summed E-state index contributed by atoms with van der Waals surface area (Å²) in [6, 6.07) is 3.43. The minimum absolute atomic E-state index is 0.0917. The summed E-state index contributed by atoms with van der Waals surface area (Å²) in [7, 11) is 0. The summed E-state index contributed by atoms with van der Waals surface area (Å²) in [5.41, 5.74) is 0. The minimum atomic E-state index is -0.609. The smallest absolute Gasteiger partial charge is 0.344 e. The minimum Gasteiger partial charge on any atom is -0.460 e. The molecule has 0 aromatic carbocycles. The molecule has 0 N–H and O–H groups in total. The maximum atomic E-state index is 12.0. The number of carbonyl (C=O) groups is 2. The zero-order valence-electron chi connectivity index (χ0n) is 14.9. The van der Waals surface area contributed by atoms with E-state index in [0.717, 1.165) is 12.8 Å². The van der Waals surface area contributed by atoms with Gasteiger partial charge in [0, 0.05) is 6.08 Å². The lowest BCUT2D eigenvalue weighted by molar-refractivity contribution is -0.165. The molecule has 0 bridgehead atoms. The van der Waals surface area contributed by atoms with Crippen LogP contribution in [0.5, 0.6) is 0 Å². The lowest BCUT2D eigenvalue weighted by atomic mass is 9.75. The van der Waals surface area contributed by atoms with Gasteiger partial charge in [0.1, 0.15) is 11.9 Å². The average molecular weight is 413 g/mol. The molecule has 3 unspecified atom stereocenters. The topological polar surface area (TPSA) is 65.7 Å². The Morgan fingerprint density at radius 2 is 2.12 bits per heavy atom. The Morgan fingerprint density at radius 1 is 1.36 bits per heavy atom. The molecule has 5 nitrogen and oxygen atoms in total. The van der Waals surface area contributed by atoms with Crippen LogP contribution >= 0.6 is 15.9 Å². The first kappa shape index (κ1) is 19.8. The highest BCUT2D eigenvalue weighted by atomic mass is 79.9. The van der Waals surface area contributed by atoms with E-state index in [1.807, 2.05) is 0 Å². The summed E-state index contributed by atoms with van der Waals surface area (Å²) < 4.78 is 16.3. The van der Waals surface area contributed by atoms with E-state index in [1.165, 1.54) is 18.6 Å². The van der Waals surface area contributed by atoms with Crippen LogP contribution in [0.25, 0.3) is 6.08 Å². The molecule has 1 heterocycles. The van der Waals surface area contributed by atoms with Crippen LogP contribution in [0.4, 0.5) is 0 Å². The van der Waals surface area contributed by atoms with Gasteiger partial charge in [0.05, 0.1) is 0 Å². The van der Waals surface area contributed by atoms with E-state index in [4.69, 9.17) is 13.9 Å². The SMILES string of the molecule is CC1CCC(C(C)C)C(OC(=O)COC(=O)C=Cc2ccc(Br)o2)C1. The third-order valence-electron chi connectivity index (χ3n) is 4.55. The van der Waals surface area contributed by atoms with E-state index in [-0.39, 0.29) is 12.7 Å².